The number of hydrogen-bond donors (Lipinski definition) is 1. The number of anilines is 1. The van der Waals surface area contributed by atoms with Crippen LogP contribution >= 0.6 is 23.1 Å². The summed E-state index contributed by atoms with van der Waals surface area (Å²) in [7, 11) is 3.56. The summed E-state index contributed by atoms with van der Waals surface area (Å²) in [5.74, 6) is 1.78. The number of hydrogen-bond acceptors (Lipinski definition) is 7. The molecule has 1 amide bonds. The van der Waals surface area contributed by atoms with Gasteiger partial charge in [-0.2, -0.15) is 0 Å². The van der Waals surface area contributed by atoms with Crippen LogP contribution in [0.4, 0.5) is 5.13 Å². The summed E-state index contributed by atoms with van der Waals surface area (Å²) in [5.41, 5.74) is 3.15. The molecule has 0 unspecified atom stereocenters. The minimum atomic E-state index is -0.114. The zero-order valence-electron chi connectivity index (χ0n) is 16.9. The lowest BCUT2D eigenvalue weighted by Crippen LogP contribution is -2.14. The van der Waals surface area contributed by atoms with Gasteiger partial charge in [0, 0.05) is 13.5 Å². The Labute approximate surface area is 182 Å². The molecular weight excluding hydrogens is 418 g/mol. The number of fused-ring (bicyclic) bond motifs is 1. The van der Waals surface area contributed by atoms with Gasteiger partial charge in [-0.05, 0) is 36.2 Å². The molecule has 154 valence electrons. The fourth-order valence-corrected chi connectivity index (χ4v) is 4.67. The van der Waals surface area contributed by atoms with Crippen molar-refractivity contribution >= 4 is 44.4 Å². The van der Waals surface area contributed by atoms with Crippen LogP contribution in [0.3, 0.4) is 0 Å². The number of methoxy groups -OCH3 is 1. The Kier molecular flexibility index (Phi) is 6.01. The minimum Gasteiger partial charge on any atom is -0.497 e. The minimum absolute atomic E-state index is 0.114. The summed E-state index contributed by atoms with van der Waals surface area (Å²) in [6.45, 7) is 2.01. The lowest BCUT2D eigenvalue weighted by atomic mass is 10.1. The smallest absolute Gasteiger partial charge is 0.236 e. The van der Waals surface area contributed by atoms with Gasteiger partial charge in [-0.3, -0.25) is 4.79 Å². The highest BCUT2D eigenvalue weighted by Gasteiger charge is 2.14. The molecule has 0 aliphatic heterocycles. The van der Waals surface area contributed by atoms with Crippen LogP contribution in [0.5, 0.6) is 5.75 Å². The summed E-state index contributed by atoms with van der Waals surface area (Å²) in [4.78, 5) is 16.9. The molecule has 4 rings (SSSR count). The largest absolute Gasteiger partial charge is 0.497 e. The highest BCUT2D eigenvalue weighted by atomic mass is 32.2. The van der Waals surface area contributed by atoms with Gasteiger partial charge in [-0.25, -0.2) is 4.98 Å². The number of thioether (sulfide) groups is 1. The molecule has 9 heteroatoms. The predicted octanol–water partition coefficient (Wildman–Crippen LogP) is 4.06. The van der Waals surface area contributed by atoms with Crippen molar-refractivity contribution in [3.63, 3.8) is 0 Å². The summed E-state index contributed by atoms with van der Waals surface area (Å²) in [5, 5.41) is 12.7. The van der Waals surface area contributed by atoms with Gasteiger partial charge in [0.15, 0.2) is 10.3 Å². The van der Waals surface area contributed by atoms with E-state index < -0.39 is 0 Å². The first kappa shape index (κ1) is 20.4. The Morgan fingerprint density at radius 1 is 1.20 bits per heavy atom. The molecular formula is C21H21N5O2S2. The Balaban J connectivity index is 1.36. The van der Waals surface area contributed by atoms with Gasteiger partial charge >= 0.3 is 0 Å². The van der Waals surface area contributed by atoms with Crippen LogP contribution in [-0.2, 0) is 18.3 Å². The van der Waals surface area contributed by atoms with Crippen LogP contribution in [0.25, 0.3) is 10.2 Å². The van der Waals surface area contributed by atoms with E-state index in [0.717, 1.165) is 32.9 Å². The second kappa shape index (κ2) is 8.85. The van der Waals surface area contributed by atoms with Crippen LogP contribution in [0.15, 0.2) is 47.6 Å². The topological polar surface area (TPSA) is 81.9 Å². The maximum atomic E-state index is 12.4. The number of para-hydroxylation sites is 1. The zero-order chi connectivity index (χ0) is 21.1. The molecule has 0 aliphatic rings. The molecule has 0 bridgehead atoms. The van der Waals surface area contributed by atoms with Gasteiger partial charge < -0.3 is 14.6 Å². The Morgan fingerprint density at radius 3 is 2.73 bits per heavy atom. The van der Waals surface area contributed by atoms with Gasteiger partial charge in [-0.1, -0.05) is 47.4 Å². The van der Waals surface area contributed by atoms with E-state index in [1.807, 2.05) is 61.0 Å². The average Bonchev–Trinajstić information content (AvgIpc) is 3.31. The van der Waals surface area contributed by atoms with Crippen LogP contribution in [-0.4, -0.2) is 38.5 Å². The predicted molar refractivity (Wildman–Crippen MR) is 121 cm³/mol. The van der Waals surface area contributed by atoms with E-state index in [0.29, 0.717) is 16.7 Å². The fourth-order valence-electron chi connectivity index (χ4n) is 2.98. The first-order chi connectivity index (χ1) is 14.5. The van der Waals surface area contributed by atoms with Crippen molar-refractivity contribution in [2.45, 2.75) is 18.5 Å². The molecule has 0 fully saturated rings. The van der Waals surface area contributed by atoms with Crippen molar-refractivity contribution in [2.75, 3.05) is 18.2 Å². The SMILES string of the molecule is COc1ccc(Cc2nnc(SCC(=O)Nc3nc4c(C)cccc4s3)n2C)cc1. The van der Waals surface area contributed by atoms with E-state index in [4.69, 9.17) is 4.74 Å². The van der Waals surface area contributed by atoms with Crippen molar-refractivity contribution in [2.24, 2.45) is 7.05 Å². The third kappa shape index (κ3) is 4.47. The quantitative estimate of drug-likeness (QED) is 0.437. The molecule has 2 aromatic carbocycles. The summed E-state index contributed by atoms with van der Waals surface area (Å²) < 4.78 is 8.17. The van der Waals surface area contributed by atoms with Crippen molar-refractivity contribution in [3.8, 4) is 5.75 Å². The number of aryl methyl sites for hydroxylation is 1. The van der Waals surface area contributed by atoms with Gasteiger partial charge in [0.1, 0.15) is 11.6 Å². The normalized spacial score (nSPS) is 11.0. The standard InChI is InChI=1S/C21H21N5O2S2/c1-13-5-4-6-16-19(13)23-20(30-16)22-18(27)12-29-21-25-24-17(26(21)2)11-14-7-9-15(28-3)10-8-14/h4-10H,11-12H2,1-3H3,(H,22,23,27). The van der Waals surface area contributed by atoms with Gasteiger partial charge in [0.2, 0.25) is 5.91 Å². The molecule has 0 radical (unpaired) electrons. The first-order valence-corrected chi connectivity index (χ1v) is 11.1. The summed E-state index contributed by atoms with van der Waals surface area (Å²) in [6.07, 6.45) is 0.658. The van der Waals surface area contributed by atoms with Crippen molar-refractivity contribution in [3.05, 3.63) is 59.4 Å². The van der Waals surface area contributed by atoms with Crippen LogP contribution in [0, 0.1) is 6.92 Å². The second-order valence-corrected chi connectivity index (χ2v) is 8.73. The van der Waals surface area contributed by atoms with Crippen molar-refractivity contribution < 1.29 is 9.53 Å². The van der Waals surface area contributed by atoms with Gasteiger partial charge in [-0.15, -0.1) is 10.2 Å². The summed E-state index contributed by atoms with van der Waals surface area (Å²) in [6, 6.07) is 13.9. The maximum absolute atomic E-state index is 12.4. The summed E-state index contributed by atoms with van der Waals surface area (Å²) >= 11 is 2.83. The third-order valence-electron chi connectivity index (χ3n) is 4.65. The molecule has 2 aromatic heterocycles. The third-order valence-corrected chi connectivity index (χ3v) is 6.60. The number of benzene rings is 2. The molecule has 0 saturated carbocycles. The molecule has 30 heavy (non-hydrogen) atoms. The molecule has 1 N–H and O–H groups in total. The van der Waals surface area contributed by atoms with Crippen LogP contribution in [0.2, 0.25) is 0 Å². The number of rotatable bonds is 7. The zero-order valence-corrected chi connectivity index (χ0v) is 18.5. The number of nitrogens with zero attached hydrogens (tertiary/aromatic N) is 4. The fraction of sp³-hybridized carbons (Fsp3) is 0.238. The molecule has 0 saturated heterocycles. The molecule has 0 spiro atoms. The van der Waals surface area contributed by atoms with E-state index >= 15 is 0 Å². The Bertz CT molecular complexity index is 1180. The second-order valence-electron chi connectivity index (χ2n) is 6.76. The number of carbonyl (C=O) groups excluding carboxylic acids is 1. The maximum Gasteiger partial charge on any atom is 0.236 e. The van der Waals surface area contributed by atoms with Crippen molar-refractivity contribution in [1.82, 2.24) is 19.7 Å². The van der Waals surface area contributed by atoms with Crippen molar-refractivity contribution in [1.29, 1.82) is 0 Å². The van der Waals surface area contributed by atoms with E-state index in [1.165, 1.54) is 23.1 Å². The van der Waals surface area contributed by atoms with Gasteiger partial charge in [0.25, 0.3) is 0 Å². The highest BCUT2D eigenvalue weighted by molar-refractivity contribution is 7.99. The number of thiazole rings is 1. The number of amides is 1. The van der Waals surface area contributed by atoms with E-state index in [-0.39, 0.29) is 11.7 Å². The molecule has 2 heterocycles. The molecule has 0 atom stereocenters. The number of nitrogens with one attached hydrogen (secondary N) is 1. The number of aromatic nitrogens is 4. The van der Waals surface area contributed by atoms with Crippen LogP contribution in [0.1, 0.15) is 17.0 Å². The first-order valence-electron chi connectivity index (χ1n) is 9.33. The molecule has 7 nitrogen and oxygen atoms in total. The average molecular weight is 440 g/mol. The van der Waals surface area contributed by atoms with Gasteiger partial charge in [0.05, 0.1) is 23.1 Å². The lowest BCUT2D eigenvalue weighted by Gasteiger charge is -2.05. The Hall–Kier alpha value is -2.91. The highest BCUT2D eigenvalue weighted by Crippen LogP contribution is 2.28. The van der Waals surface area contributed by atoms with E-state index in [2.05, 4.69) is 20.5 Å². The number of ether oxygens (including phenoxy) is 1. The lowest BCUT2D eigenvalue weighted by molar-refractivity contribution is -0.113. The van der Waals surface area contributed by atoms with E-state index in [9.17, 15) is 4.79 Å². The Morgan fingerprint density at radius 2 is 2.00 bits per heavy atom. The molecule has 0 aliphatic carbocycles. The monoisotopic (exact) mass is 439 g/mol. The van der Waals surface area contributed by atoms with Crippen LogP contribution < -0.4 is 10.1 Å². The number of carbonyl (C=O) groups is 1. The van der Waals surface area contributed by atoms with E-state index in [1.54, 1.807) is 7.11 Å². The molecule has 4 aromatic rings.